The summed E-state index contributed by atoms with van der Waals surface area (Å²) in [6.07, 6.45) is 5.91. The Kier molecular flexibility index (Phi) is 4.09. The standard InChI is InChI=1S/C17H20N4O3/c1-10(2)12-6-5-11(3)14-15(17(22)24-4)19-21(16(12)14)13-9-20(23)8-7-18-13/h7-9,11H,5-6H2,1-4H3/t11-/m1/s1. The van der Waals surface area contributed by atoms with Crippen LogP contribution in [0, 0.1) is 5.21 Å². The highest BCUT2D eigenvalue weighted by molar-refractivity contribution is 5.91. The molecule has 0 aliphatic heterocycles. The smallest absolute Gasteiger partial charge is 0.358 e. The zero-order valence-electron chi connectivity index (χ0n) is 14.2. The highest BCUT2D eigenvalue weighted by Gasteiger charge is 2.33. The number of esters is 1. The summed E-state index contributed by atoms with van der Waals surface area (Å²) in [5, 5.41) is 16.1. The van der Waals surface area contributed by atoms with Crippen molar-refractivity contribution in [3.63, 3.8) is 0 Å². The van der Waals surface area contributed by atoms with Crippen LogP contribution in [0.1, 0.15) is 61.3 Å². The van der Waals surface area contributed by atoms with Gasteiger partial charge in [-0.05, 0) is 38.2 Å². The minimum atomic E-state index is -0.474. The van der Waals surface area contributed by atoms with Crippen molar-refractivity contribution in [1.29, 1.82) is 0 Å². The minimum absolute atomic E-state index is 0.175. The van der Waals surface area contributed by atoms with E-state index in [1.165, 1.54) is 25.7 Å². The third-order valence-electron chi connectivity index (χ3n) is 4.39. The second kappa shape index (κ2) is 6.07. The Hall–Kier alpha value is -2.70. The molecular formula is C17H20N4O3. The fraction of sp³-hybridized carbons (Fsp3) is 0.412. The summed E-state index contributed by atoms with van der Waals surface area (Å²) < 4.78 is 7.16. The number of carbonyl (C=O) groups is 1. The highest BCUT2D eigenvalue weighted by Crippen LogP contribution is 2.42. The largest absolute Gasteiger partial charge is 0.619 e. The van der Waals surface area contributed by atoms with Crippen LogP contribution in [0.15, 0.2) is 24.2 Å². The maximum atomic E-state index is 12.2. The van der Waals surface area contributed by atoms with E-state index in [4.69, 9.17) is 4.74 Å². The van der Waals surface area contributed by atoms with E-state index in [0.717, 1.165) is 35.2 Å². The van der Waals surface area contributed by atoms with Gasteiger partial charge in [-0.3, -0.25) is 0 Å². The van der Waals surface area contributed by atoms with Crippen LogP contribution in [0.5, 0.6) is 0 Å². The third-order valence-corrected chi connectivity index (χ3v) is 4.39. The fourth-order valence-corrected chi connectivity index (χ4v) is 3.19. The predicted octanol–water partition coefficient (Wildman–Crippen LogP) is 2.38. The van der Waals surface area contributed by atoms with Crippen molar-refractivity contribution < 1.29 is 14.3 Å². The molecule has 0 bridgehead atoms. The number of fused-ring (bicyclic) bond motifs is 1. The summed E-state index contributed by atoms with van der Waals surface area (Å²) in [5.41, 5.74) is 4.31. The zero-order valence-corrected chi connectivity index (χ0v) is 14.2. The van der Waals surface area contributed by atoms with Crippen LogP contribution in [0.3, 0.4) is 0 Å². The molecule has 0 N–H and O–H groups in total. The third kappa shape index (κ3) is 2.55. The molecule has 1 aliphatic carbocycles. The first-order valence-corrected chi connectivity index (χ1v) is 7.87. The predicted molar refractivity (Wildman–Crippen MR) is 87.6 cm³/mol. The summed E-state index contributed by atoms with van der Waals surface area (Å²) in [6.45, 7) is 6.15. The topological polar surface area (TPSA) is 84.0 Å². The molecule has 2 aromatic heterocycles. The molecular weight excluding hydrogens is 308 g/mol. The molecule has 0 saturated carbocycles. The molecule has 1 atom stereocenters. The monoisotopic (exact) mass is 328 g/mol. The lowest BCUT2D eigenvalue weighted by atomic mass is 9.82. The quantitative estimate of drug-likeness (QED) is 0.480. The maximum Gasteiger partial charge on any atom is 0.358 e. The summed E-state index contributed by atoms with van der Waals surface area (Å²) in [4.78, 5) is 16.5. The van der Waals surface area contributed by atoms with Crippen LogP contribution in [0.25, 0.3) is 11.4 Å². The van der Waals surface area contributed by atoms with E-state index in [9.17, 15) is 10.0 Å². The van der Waals surface area contributed by atoms with Gasteiger partial charge in [-0.15, -0.1) is 0 Å². The average Bonchev–Trinajstić information content (AvgIpc) is 2.95. The second-order valence-electron chi connectivity index (χ2n) is 6.21. The van der Waals surface area contributed by atoms with Crippen molar-refractivity contribution in [1.82, 2.24) is 14.8 Å². The van der Waals surface area contributed by atoms with E-state index in [0.29, 0.717) is 16.2 Å². The van der Waals surface area contributed by atoms with Crippen LogP contribution in [0.4, 0.5) is 0 Å². The lowest BCUT2D eigenvalue weighted by Crippen LogP contribution is -2.26. The van der Waals surface area contributed by atoms with Crippen LogP contribution >= 0.6 is 0 Å². The van der Waals surface area contributed by atoms with Gasteiger partial charge in [-0.1, -0.05) is 12.5 Å². The van der Waals surface area contributed by atoms with E-state index in [2.05, 4.69) is 17.0 Å². The zero-order chi connectivity index (χ0) is 17.4. The summed E-state index contributed by atoms with van der Waals surface area (Å²) in [5.74, 6) is 0.0820. The molecule has 0 radical (unpaired) electrons. The number of hydrogen-bond donors (Lipinski definition) is 0. The Bertz CT molecular complexity index is 834. The summed E-state index contributed by atoms with van der Waals surface area (Å²) >= 11 is 0. The van der Waals surface area contributed by atoms with Crippen molar-refractivity contribution in [2.24, 2.45) is 0 Å². The minimum Gasteiger partial charge on any atom is -0.619 e. The van der Waals surface area contributed by atoms with E-state index in [1.807, 2.05) is 13.8 Å². The lowest BCUT2D eigenvalue weighted by molar-refractivity contribution is -0.605. The van der Waals surface area contributed by atoms with Crippen molar-refractivity contribution in [3.8, 4) is 5.82 Å². The van der Waals surface area contributed by atoms with E-state index < -0.39 is 5.97 Å². The number of nitrogens with zero attached hydrogens (tertiary/aromatic N) is 4. The van der Waals surface area contributed by atoms with Gasteiger partial charge < -0.3 is 9.94 Å². The van der Waals surface area contributed by atoms with Crippen LogP contribution in [-0.4, -0.2) is 27.8 Å². The normalized spacial score (nSPS) is 16.7. The van der Waals surface area contributed by atoms with Gasteiger partial charge in [0.2, 0.25) is 12.0 Å². The molecule has 3 rings (SSSR count). The molecule has 2 aromatic rings. The molecule has 1 aliphatic rings. The molecule has 0 fully saturated rings. The molecule has 0 amide bonds. The van der Waals surface area contributed by atoms with Gasteiger partial charge in [0, 0.05) is 5.56 Å². The average molecular weight is 328 g/mol. The second-order valence-corrected chi connectivity index (χ2v) is 6.21. The van der Waals surface area contributed by atoms with E-state index in [-0.39, 0.29) is 5.92 Å². The fourth-order valence-electron chi connectivity index (χ4n) is 3.19. The molecule has 0 spiro atoms. The molecule has 24 heavy (non-hydrogen) atoms. The first-order chi connectivity index (χ1) is 11.4. The van der Waals surface area contributed by atoms with E-state index >= 15 is 0 Å². The molecule has 7 heteroatoms. The maximum absolute atomic E-state index is 12.2. The van der Waals surface area contributed by atoms with Gasteiger partial charge in [0.15, 0.2) is 11.9 Å². The van der Waals surface area contributed by atoms with Crippen LogP contribution < -0.4 is 4.73 Å². The molecule has 126 valence electrons. The number of carbonyl (C=O) groups excluding carboxylic acids is 1. The SMILES string of the molecule is COC(=O)c1nn(-c2c[n+]([O-])ccn2)c2c1[C@H](C)CCC2=C(C)C. The van der Waals surface area contributed by atoms with Gasteiger partial charge in [0.05, 0.1) is 19.0 Å². The highest BCUT2D eigenvalue weighted by atomic mass is 16.5. The first kappa shape index (κ1) is 16.2. The van der Waals surface area contributed by atoms with Crippen LogP contribution in [0.2, 0.25) is 0 Å². The number of hydrogen-bond acceptors (Lipinski definition) is 5. The molecule has 0 aromatic carbocycles. The van der Waals surface area contributed by atoms with Crippen LogP contribution in [-0.2, 0) is 4.74 Å². The van der Waals surface area contributed by atoms with Gasteiger partial charge in [-0.2, -0.15) is 9.83 Å². The Balaban J connectivity index is 2.34. The number of methoxy groups -OCH3 is 1. The molecule has 0 saturated heterocycles. The summed E-state index contributed by atoms with van der Waals surface area (Å²) in [6, 6.07) is 0. The Morgan fingerprint density at radius 3 is 2.83 bits per heavy atom. The molecule has 0 unspecified atom stereocenters. The molecule has 2 heterocycles. The van der Waals surface area contributed by atoms with Crippen molar-refractivity contribution in [3.05, 3.63) is 46.3 Å². The van der Waals surface area contributed by atoms with Gasteiger partial charge >= 0.3 is 5.97 Å². The Morgan fingerprint density at radius 1 is 1.46 bits per heavy atom. The number of allylic oxidation sites excluding steroid dienone is 2. The summed E-state index contributed by atoms with van der Waals surface area (Å²) in [7, 11) is 1.34. The lowest BCUT2D eigenvalue weighted by Gasteiger charge is -2.24. The first-order valence-electron chi connectivity index (χ1n) is 7.87. The van der Waals surface area contributed by atoms with Crippen molar-refractivity contribution in [2.75, 3.05) is 7.11 Å². The molecule has 7 nitrogen and oxygen atoms in total. The Morgan fingerprint density at radius 2 is 2.21 bits per heavy atom. The van der Waals surface area contributed by atoms with Gasteiger partial charge in [0.25, 0.3) is 0 Å². The number of rotatable bonds is 2. The van der Waals surface area contributed by atoms with Crippen molar-refractivity contribution >= 4 is 11.5 Å². The van der Waals surface area contributed by atoms with E-state index in [1.54, 1.807) is 4.68 Å². The van der Waals surface area contributed by atoms with Gasteiger partial charge in [-0.25, -0.2) is 14.5 Å². The van der Waals surface area contributed by atoms with Gasteiger partial charge in [0.1, 0.15) is 0 Å². The number of aromatic nitrogens is 4. The number of ether oxygens (including phenoxy) is 1. The van der Waals surface area contributed by atoms with Crippen molar-refractivity contribution in [2.45, 2.75) is 39.5 Å². The Labute approximate surface area is 140 Å².